The van der Waals surface area contributed by atoms with Crippen LogP contribution in [0.2, 0.25) is 0 Å². The van der Waals surface area contributed by atoms with Crippen LogP contribution >= 0.6 is 0 Å². The Balaban J connectivity index is 0.546. The molecule has 590 valence electrons. The van der Waals surface area contributed by atoms with Gasteiger partial charge in [-0.25, -0.2) is 0 Å². The van der Waals surface area contributed by atoms with Crippen molar-refractivity contribution in [2.24, 2.45) is 0 Å². The quantitative estimate of drug-likeness (QED) is 0.0948. The fourth-order valence-corrected chi connectivity index (χ4v) is 18.6. The van der Waals surface area contributed by atoms with Crippen molar-refractivity contribution in [3.63, 3.8) is 0 Å². The second-order valence-electron chi connectivity index (χ2n) is 35.6. The normalized spacial score (nSPS) is 12.5. The van der Waals surface area contributed by atoms with Gasteiger partial charge in [-0.3, -0.25) is 0 Å². The lowest BCUT2D eigenvalue weighted by atomic mass is 9.87. The Morgan fingerprint density at radius 1 is 0.221 bits per heavy atom. The van der Waals surface area contributed by atoms with Crippen LogP contribution < -0.4 is 19.6 Å². The number of benzene rings is 18. The third-order valence-corrected chi connectivity index (χ3v) is 25.2. The maximum absolute atomic E-state index is 7.00. The highest BCUT2D eigenvalue weighted by atomic mass is 16.4. The van der Waals surface area contributed by atoms with Gasteiger partial charge in [0.2, 0.25) is 0 Å². The monoisotopic (exact) mass is 1580 g/mol. The van der Waals surface area contributed by atoms with E-state index in [1.165, 1.54) is 27.8 Å². The first-order valence-corrected chi connectivity index (χ1v) is 42.6. The number of nitrogens with zero attached hydrogens (tertiary/aromatic N) is 4. The van der Waals surface area contributed by atoms with Gasteiger partial charge in [0.25, 0.3) is 0 Å². The second kappa shape index (κ2) is 28.9. The lowest BCUT2D eigenvalue weighted by Crippen LogP contribution is -2.13. The molecule has 8 heteroatoms. The van der Waals surface area contributed by atoms with Gasteiger partial charge in [0.1, 0.15) is 22.3 Å². The van der Waals surface area contributed by atoms with E-state index in [1.807, 2.05) is 0 Å². The average molecular weight is 1580 g/mol. The second-order valence-corrected chi connectivity index (χ2v) is 35.6. The van der Waals surface area contributed by atoms with E-state index < -0.39 is 0 Å². The third kappa shape index (κ3) is 13.0. The van der Waals surface area contributed by atoms with Crippen molar-refractivity contribution in [2.75, 3.05) is 19.6 Å². The summed E-state index contributed by atoms with van der Waals surface area (Å²) in [6, 6.07) is 131. The number of rotatable bonds is 16. The summed E-state index contributed by atoms with van der Waals surface area (Å²) in [6.07, 6.45) is 0.842. The zero-order chi connectivity index (χ0) is 82.4. The summed E-state index contributed by atoms with van der Waals surface area (Å²) in [5.41, 5.74) is 25.7. The molecule has 0 N–H and O–H groups in total. The topological polar surface area (TPSA) is 65.5 Å². The van der Waals surface area contributed by atoms with Crippen molar-refractivity contribution in [3.8, 4) is 0 Å². The van der Waals surface area contributed by atoms with Crippen LogP contribution in [0.3, 0.4) is 0 Å². The predicted molar refractivity (Wildman–Crippen MR) is 514 cm³/mol. The third-order valence-electron chi connectivity index (χ3n) is 25.2. The van der Waals surface area contributed by atoms with Crippen molar-refractivity contribution in [1.29, 1.82) is 0 Å². The summed E-state index contributed by atoms with van der Waals surface area (Å²) in [7, 11) is 0. The van der Waals surface area contributed by atoms with Gasteiger partial charge in [0.05, 0.1) is 0 Å². The molecule has 0 aliphatic carbocycles. The molecule has 0 aliphatic rings. The summed E-state index contributed by atoms with van der Waals surface area (Å²) in [6.45, 7) is 20.4. The van der Waals surface area contributed by atoms with E-state index in [4.69, 9.17) is 17.7 Å². The average Bonchev–Trinajstić information content (AvgIpc) is 1.57. The smallest absolute Gasteiger partial charge is 0.178 e. The van der Waals surface area contributed by atoms with E-state index in [0.717, 1.165) is 206 Å². The SMILES string of the molecule is CC(C)c1ccc(N(c2ccccc2)c2ccc3cc4c(cc3c2)oc2c4ccc3c4cc5ccc(N(c6ccccc6)c6ccc(C(C)Cc7cccc(N(c8ccc(C(C)(C)C)cc8)c8ccc9cc%10c(cc9c8)oc8c%10ccc9c%10cc%11ccc(N(c%12ccccc%12)c%12ccc(C(C)(C)C)cc%12)cc%11cc%10oc98)c7)cc6)cc5cc4oc32)cc1. The summed E-state index contributed by atoms with van der Waals surface area (Å²) < 4.78 is 27.8. The van der Waals surface area contributed by atoms with Crippen molar-refractivity contribution >= 4 is 199 Å². The Morgan fingerprint density at radius 3 is 0.787 bits per heavy atom. The molecular weight excluding hydrogens is 1490 g/mol. The van der Waals surface area contributed by atoms with Crippen LogP contribution in [0, 0.1) is 0 Å². The van der Waals surface area contributed by atoms with E-state index in [9.17, 15) is 0 Å². The molecule has 0 saturated heterocycles. The van der Waals surface area contributed by atoms with E-state index in [-0.39, 0.29) is 16.7 Å². The molecule has 4 aromatic heterocycles. The van der Waals surface area contributed by atoms with Gasteiger partial charge in [0.15, 0.2) is 22.3 Å². The highest BCUT2D eigenvalue weighted by Gasteiger charge is 2.26. The molecule has 22 aromatic rings. The molecule has 1 unspecified atom stereocenters. The molecule has 18 aromatic carbocycles. The van der Waals surface area contributed by atoms with Gasteiger partial charge >= 0.3 is 0 Å². The number of fused-ring (bicyclic) bond motifs is 18. The summed E-state index contributed by atoms with van der Waals surface area (Å²) in [5.74, 6) is 0.657. The Hall–Kier alpha value is -14.6. The molecule has 8 nitrogen and oxygen atoms in total. The van der Waals surface area contributed by atoms with Gasteiger partial charge in [-0.05, 0) is 318 Å². The van der Waals surface area contributed by atoms with Crippen LogP contribution in [0.1, 0.15) is 102 Å². The summed E-state index contributed by atoms with van der Waals surface area (Å²) in [4.78, 5) is 9.41. The largest absolute Gasteiger partial charge is 0.452 e. The molecule has 4 heterocycles. The van der Waals surface area contributed by atoms with Gasteiger partial charge < -0.3 is 37.3 Å². The Kier molecular flexibility index (Phi) is 17.4. The predicted octanol–water partition coefficient (Wildman–Crippen LogP) is 33.8. The van der Waals surface area contributed by atoms with E-state index in [1.54, 1.807) is 0 Å². The lowest BCUT2D eigenvalue weighted by molar-refractivity contribution is 0.590. The van der Waals surface area contributed by atoms with Gasteiger partial charge in [0, 0.05) is 111 Å². The molecule has 1 atom stereocenters. The van der Waals surface area contributed by atoms with Crippen molar-refractivity contribution < 1.29 is 17.7 Å². The fraction of sp³-hybridized carbons (Fsp3) is 0.123. The molecule has 0 aliphatic heterocycles. The van der Waals surface area contributed by atoms with Gasteiger partial charge in [-0.1, -0.05) is 202 Å². The minimum absolute atomic E-state index is 0.00865. The highest BCUT2D eigenvalue weighted by molar-refractivity contribution is 6.23. The van der Waals surface area contributed by atoms with Gasteiger partial charge in [-0.15, -0.1) is 0 Å². The van der Waals surface area contributed by atoms with E-state index in [2.05, 4.69) is 440 Å². The van der Waals surface area contributed by atoms with Crippen LogP contribution in [0.15, 0.2) is 376 Å². The van der Waals surface area contributed by atoms with Crippen LogP contribution in [-0.4, -0.2) is 0 Å². The maximum Gasteiger partial charge on any atom is 0.178 e. The molecular formula is C114H90N4O4. The fourth-order valence-electron chi connectivity index (χ4n) is 18.6. The molecule has 0 saturated carbocycles. The standard InChI is InChI=1S/C114H90N4O4/c1-70(2)73-28-40-88(41-29-73)115(85-21-13-10-14-22-85)93-44-32-75-62-101-97-52-53-98-102-63-76-33-45-94(59-80(76)67-106(102)120-110(98)109(97)119-105(101)66-79(75)58-93)116(86-23-15-11-16-24-86)89-42-30-74(31-43-89)71(3)56-72-20-19-27-92(57-72)118(91-50-38-84(39-51-91)114(7,8)9)96-47-35-78-65-104-100-55-54-99-103-64-77-34-46-95(60-81(77)68-107(103)121-111(99)112(100)122-108(104)69-82(78)61-96)117(87-25-17-12-18-26-87)90-48-36-83(37-49-90)113(4,5)6/h10-55,57-71H,56H2,1-9H3. The molecule has 0 radical (unpaired) electrons. The van der Waals surface area contributed by atoms with E-state index >= 15 is 0 Å². The number of para-hydroxylation sites is 3. The van der Waals surface area contributed by atoms with Crippen LogP contribution in [0.4, 0.5) is 68.2 Å². The van der Waals surface area contributed by atoms with Crippen molar-refractivity contribution in [1.82, 2.24) is 0 Å². The molecule has 122 heavy (non-hydrogen) atoms. The first-order chi connectivity index (χ1) is 59.4. The van der Waals surface area contributed by atoms with Crippen molar-refractivity contribution in [3.05, 3.63) is 386 Å². The zero-order valence-corrected chi connectivity index (χ0v) is 69.8. The first-order valence-electron chi connectivity index (χ1n) is 42.6. The summed E-state index contributed by atoms with van der Waals surface area (Å²) >= 11 is 0. The summed E-state index contributed by atoms with van der Waals surface area (Å²) in [5, 5.41) is 17.2. The molecule has 22 rings (SSSR count). The number of hydrogen-bond donors (Lipinski definition) is 0. The Labute approximate surface area is 708 Å². The minimum atomic E-state index is -0.00865. The zero-order valence-electron chi connectivity index (χ0n) is 69.8. The number of furan rings is 4. The Bertz CT molecular complexity index is 7840. The van der Waals surface area contributed by atoms with Gasteiger partial charge in [-0.2, -0.15) is 0 Å². The molecule has 0 bridgehead atoms. The molecule has 0 spiro atoms. The number of anilines is 12. The van der Waals surface area contributed by atoms with Crippen LogP contribution in [0.25, 0.3) is 131 Å². The van der Waals surface area contributed by atoms with Crippen LogP contribution in [-0.2, 0) is 17.3 Å². The lowest BCUT2D eigenvalue weighted by Gasteiger charge is -2.28. The van der Waals surface area contributed by atoms with Crippen molar-refractivity contribution in [2.45, 2.75) is 91.4 Å². The van der Waals surface area contributed by atoms with Crippen LogP contribution in [0.5, 0.6) is 0 Å². The molecule has 0 fully saturated rings. The minimum Gasteiger partial charge on any atom is -0.452 e. The number of hydrogen-bond acceptors (Lipinski definition) is 8. The van der Waals surface area contributed by atoms with E-state index in [0.29, 0.717) is 5.92 Å². The highest BCUT2D eigenvalue weighted by Crippen LogP contribution is 2.49. The maximum atomic E-state index is 7.00. The molecule has 0 amide bonds. The Morgan fingerprint density at radius 2 is 0.484 bits per heavy atom. The first kappa shape index (κ1) is 73.7.